The number of nitrogens with zero attached hydrogens (tertiary/aromatic N) is 2. The Morgan fingerprint density at radius 3 is 2.81 bits per heavy atom. The smallest absolute Gasteiger partial charge is 0.132 e. The Labute approximate surface area is 161 Å². The molecule has 2 fully saturated rings. The number of fused-ring (bicyclic) bond motifs is 3. The topological polar surface area (TPSA) is 46.6 Å². The summed E-state index contributed by atoms with van der Waals surface area (Å²) in [5.74, 6) is 2.01. The number of pyridine rings is 1. The molecule has 144 valence electrons. The molecule has 1 saturated heterocycles. The van der Waals surface area contributed by atoms with Crippen molar-refractivity contribution in [3.63, 3.8) is 0 Å². The molecule has 5 nitrogen and oxygen atoms in total. The highest BCUT2D eigenvalue weighted by molar-refractivity contribution is 5.88. The van der Waals surface area contributed by atoms with E-state index in [9.17, 15) is 0 Å². The van der Waals surface area contributed by atoms with Crippen LogP contribution in [0.2, 0.25) is 0 Å². The van der Waals surface area contributed by atoms with Crippen molar-refractivity contribution in [1.82, 2.24) is 9.88 Å². The number of aromatic nitrogens is 1. The molecule has 1 aliphatic carbocycles. The van der Waals surface area contributed by atoms with E-state index in [1.165, 1.54) is 55.3 Å². The van der Waals surface area contributed by atoms with Gasteiger partial charge in [-0.15, -0.1) is 0 Å². The lowest BCUT2D eigenvalue weighted by atomic mass is 10.0. The molecule has 5 rings (SSSR count). The quantitative estimate of drug-likeness (QED) is 0.749. The van der Waals surface area contributed by atoms with Crippen LogP contribution in [0.4, 0.5) is 5.82 Å². The molecule has 0 amide bonds. The Balaban J connectivity index is 1.35. The maximum absolute atomic E-state index is 6.16. The van der Waals surface area contributed by atoms with Crippen molar-refractivity contribution in [2.75, 3.05) is 31.6 Å². The summed E-state index contributed by atoms with van der Waals surface area (Å²) in [5, 5.41) is 4.77. The predicted molar refractivity (Wildman–Crippen MR) is 107 cm³/mol. The first-order valence-electron chi connectivity index (χ1n) is 10.4. The predicted octanol–water partition coefficient (Wildman–Crippen LogP) is 4.01. The van der Waals surface area contributed by atoms with Gasteiger partial charge in [-0.25, -0.2) is 4.98 Å². The Bertz CT molecular complexity index is 841. The number of nitrogens with one attached hydrogen (secondary N) is 1. The van der Waals surface area contributed by atoms with Crippen LogP contribution in [-0.4, -0.2) is 42.2 Å². The van der Waals surface area contributed by atoms with E-state index in [-0.39, 0.29) is 0 Å². The number of anilines is 1. The fourth-order valence-corrected chi connectivity index (χ4v) is 4.25. The van der Waals surface area contributed by atoms with E-state index in [1.54, 1.807) is 0 Å². The van der Waals surface area contributed by atoms with E-state index in [0.29, 0.717) is 19.3 Å². The second-order valence-electron chi connectivity index (χ2n) is 8.21. The van der Waals surface area contributed by atoms with Gasteiger partial charge >= 0.3 is 0 Å². The van der Waals surface area contributed by atoms with Crippen molar-refractivity contribution in [3.05, 3.63) is 28.8 Å². The lowest BCUT2D eigenvalue weighted by Gasteiger charge is -2.16. The number of hydrogen-bond donors (Lipinski definition) is 1. The van der Waals surface area contributed by atoms with Crippen LogP contribution in [0.15, 0.2) is 12.1 Å². The number of aryl methyl sites for hydroxylation is 1. The van der Waals surface area contributed by atoms with Crippen LogP contribution >= 0.6 is 0 Å². The molecule has 0 atom stereocenters. The van der Waals surface area contributed by atoms with Crippen LogP contribution in [0.1, 0.15) is 48.8 Å². The molecule has 0 unspecified atom stereocenters. The molecule has 2 aromatic rings. The molecule has 3 aliphatic rings. The molecule has 1 saturated carbocycles. The van der Waals surface area contributed by atoms with Crippen LogP contribution in [0.25, 0.3) is 10.9 Å². The van der Waals surface area contributed by atoms with Crippen LogP contribution in [0.3, 0.4) is 0 Å². The van der Waals surface area contributed by atoms with Gasteiger partial charge in [0.05, 0.1) is 25.3 Å². The molecule has 27 heavy (non-hydrogen) atoms. The molecule has 0 bridgehead atoms. The van der Waals surface area contributed by atoms with Gasteiger partial charge in [0.2, 0.25) is 0 Å². The van der Waals surface area contributed by atoms with Crippen molar-refractivity contribution < 1.29 is 9.47 Å². The summed E-state index contributed by atoms with van der Waals surface area (Å²) in [6.45, 7) is 7.88. The van der Waals surface area contributed by atoms with Crippen LogP contribution in [0.5, 0.6) is 5.75 Å². The summed E-state index contributed by atoms with van der Waals surface area (Å²) < 4.78 is 11.9. The lowest BCUT2D eigenvalue weighted by Crippen LogP contribution is -2.22. The Morgan fingerprint density at radius 2 is 2.00 bits per heavy atom. The molecule has 5 heteroatoms. The van der Waals surface area contributed by atoms with Crippen LogP contribution < -0.4 is 10.1 Å². The van der Waals surface area contributed by atoms with Crippen molar-refractivity contribution >= 4 is 16.7 Å². The second-order valence-corrected chi connectivity index (χ2v) is 8.21. The van der Waals surface area contributed by atoms with Crippen LogP contribution in [-0.2, 0) is 18.0 Å². The first-order valence-corrected chi connectivity index (χ1v) is 10.4. The minimum absolute atomic E-state index is 0.596. The fourth-order valence-electron chi connectivity index (χ4n) is 4.25. The number of benzene rings is 1. The standard InChI is InChI=1S/C22H29N3O2/c1-15-11-20-17(12-21(15)27-10-4-9-25-7-2-3-8-25)18-13-26-14-19(18)22(24-20)23-16-5-6-16/h11-12,16H,2-10,13-14H2,1H3,(H,23,24). The van der Waals surface area contributed by atoms with E-state index in [1.807, 2.05) is 0 Å². The first kappa shape index (κ1) is 17.3. The summed E-state index contributed by atoms with van der Waals surface area (Å²) in [6.07, 6.45) is 6.28. The molecule has 3 heterocycles. The normalized spacial score (nSPS) is 19.6. The minimum Gasteiger partial charge on any atom is -0.493 e. The monoisotopic (exact) mass is 367 g/mol. The molecule has 1 aromatic heterocycles. The molecule has 0 radical (unpaired) electrons. The SMILES string of the molecule is Cc1cc2nc(NC3CC3)c3c(c2cc1OCCCN1CCCC1)COC3. The maximum atomic E-state index is 6.16. The van der Waals surface area contributed by atoms with Crippen molar-refractivity contribution in [1.29, 1.82) is 0 Å². The van der Waals surface area contributed by atoms with Crippen molar-refractivity contribution in [3.8, 4) is 5.75 Å². The summed E-state index contributed by atoms with van der Waals surface area (Å²) in [4.78, 5) is 7.47. The van der Waals surface area contributed by atoms with Gasteiger partial charge in [0.15, 0.2) is 0 Å². The Morgan fingerprint density at radius 1 is 1.19 bits per heavy atom. The van der Waals surface area contributed by atoms with Gasteiger partial charge in [0.25, 0.3) is 0 Å². The van der Waals surface area contributed by atoms with Gasteiger partial charge in [-0.3, -0.25) is 0 Å². The van der Waals surface area contributed by atoms with Gasteiger partial charge in [0, 0.05) is 23.5 Å². The average molecular weight is 367 g/mol. The number of rotatable bonds is 7. The highest BCUT2D eigenvalue weighted by atomic mass is 16.5. The molecular weight excluding hydrogens is 338 g/mol. The Hall–Kier alpha value is -1.85. The highest BCUT2D eigenvalue weighted by Gasteiger charge is 2.26. The third-order valence-corrected chi connectivity index (χ3v) is 5.99. The van der Waals surface area contributed by atoms with Gasteiger partial charge in [-0.1, -0.05) is 0 Å². The van der Waals surface area contributed by atoms with E-state index in [4.69, 9.17) is 14.5 Å². The van der Waals surface area contributed by atoms with E-state index in [0.717, 1.165) is 42.2 Å². The van der Waals surface area contributed by atoms with Crippen molar-refractivity contribution in [2.45, 2.75) is 58.3 Å². The molecule has 0 spiro atoms. The van der Waals surface area contributed by atoms with E-state index >= 15 is 0 Å². The molecule has 1 N–H and O–H groups in total. The number of hydrogen-bond acceptors (Lipinski definition) is 5. The molecule has 1 aromatic carbocycles. The Kier molecular flexibility index (Phi) is 4.66. The maximum Gasteiger partial charge on any atom is 0.132 e. The third-order valence-electron chi connectivity index (χ3n) is 5.99. The van der Waals surface area contributed by atoms with Gasteiger partial charge < -0.3 is 19.7 Å². The molecular formula is C22H29N3O2. The van der Waals surface area contributed by atoms with Gasteiger partial charge in [-0.2, -0.15) is 0 Å². The average Bonchev–Trinajstić information content (AvgIpc) is 3.12. The second kappa shape index (κ2) is 7.28. The summed E-state index contributed by atoms with van der Waals surface area (Å²) in [7, 11) is 0. The fraction of sp³-hybridized carbons (Fsp3) is 0.591. The first-order chi connectivity index (χ1) is 13.3. The largest absolute Gasteiger partial charge is 0.493 e. The summed E-state index contributed by atoms with van der Waals surface area (Å²) in [5.41, 5.74) is 4.72. The van der Waals surface area contributed by atoms with Crippen molar-refractivity contribution in [2.24, 2.45) is 0 Å². The zero-order valence-electron chi connectivity index (χ0n) is 16.2. The number of likely N-dealkylation sites (tertiary alicyclic amines) is 1. The minimum atomic E-state index is 0.596. The summed E-state index contributed by atoms with van der Waals surface area (Å²) >= 11 is 0. The van der Waals surface area contributed by atoms with Gasteiger partial charge in [0.1, 0.15) is 11.6 Å². The van der Waals surface area contributed by atoms with Gasteiger partial charge in [-0.05, 0) is 75.4 Å². The highest BCUT2D eigenvalue weighted by Crippen LogP contribution is 2.37. The van der Waals surface area contributed by atoms with E-state index < -0.39 is 0 Å². The third kappa shape index (κ3) is 3.63. The zero-order valence-corrected chi connectivity index (χ0v) is 16.2. The summed E-state index contributed by atoms with van der Waals surface area (Å²) in [6, 6.07) is 4.95. The molecule has 2 aliphatic heterocycles. The number of ether oxygens (including phenoxy) is 2. The zero-order chi connectivity index (χ0) is 18.2. The van der Waals surface area contributed by atoms with E-state index in [2.05, 4.69) is 29.3 Å². The van der Waals surface area contributed by atoms with Crippen LogP contribution in [0, 0.1) is 6.92 Å². The lowest BCUT2D eigenvalue weighted by molar-refractivity contribution is 0.135.